The monoisotopic (exact) mass is 504 g/mol. The predicted octanol–water partition coefficient (Wildman–Crippen LogP) is 6.65. The molecule has 1 heterocycles. The van der Waals surface area contributed by atoms with Crippen LogP contribution in [0.4, 0.5) is 0 Å². The molecule has 0 radical (unpaired) electrons. The van der Waals surface area contributed by atoms with Gasteiger partial charge in [-0.15, -0.1) is 0 Å². The molecule has 0 spiro atoms. The molecular weight excluding hydrogens is 476 g/mol. The topological polar surface area (TPSA) is 88.5 Å². The van der Waals surface area contributed by atoms with Gasteiger partial charge in [-0.1, -0.05) is 60.7 Å². The van der Waals surface area contributed by atoms with E-state index < -0.39 is 5.97 Å². The van der Waals surface area contributed by atoms with E-state index in [0.717, 1.165) is 44.2 Å². The van der Waals surface area contributed by atoms with Crippen LogP contribution < -0.4 is 10.1 Å². The van der Waals surface area contributed by atoms with Crippen molar-refractivity contribution in [3.8, 4) is 5.75 Å². The van der Waals surface area contributed by atoms with Gasteiger partial charge in [-0.05, 0) is 72.1 Å². The molecule has 5 rings (SSSR count). The number of benzene rings is 4. The van der Waals surface area contributed by atoms with Crippen molar-refractivity contribution in [1.82, 2.24) is 10.3 Å². The Hall–Kier alpha value is -4.71. The molecule has 6 nitrogen and oxygen atoms in total. The first-order chi connectivity index (χ1) is 18.4. The number of carboxylic acid groups (broad SMARTS) is 1. The van der Waals surface area contributed by atoms with E-state index in [0.29, 0.717) is 0 Å². The van der Waals surface area contributed by atoms with Crippen molar-refractivity contribution in [2.24, 2.45) is 0 Å². The number of carbonyl (C=O) groups is 2. The van der Waals surface area contributed by atoms with Crippen molar-refractivity contribution >= 4 is 33.6 Å². The van der Waals surface area contributed by atoms with Gasteiger partial charge in [-0.2, -0.15) is 0 Å². The van der Waals surface area contributed by atoms with Crippen LogP contribution in [0.25, 0.3) is 21.7 Å². The molecule has 2 N–H and O–H groups in total. The number of carboxylic acids is 1. The molecule has 38 heavy (non-hydrogen) atoms. The fourth-order valence-corrected chi connectivity index (χ4v) is 4.47. The van der Waals surface area contributed by atoms with Crippen LogP contribution in [-0.2, 0) is 11.3 Å². The first kappa shape index (κ1) is 25.0. The number of hydrogen-bond acceptors (Lipinski definition) is 4. The molecule has 0 saturated heterocycles. The summed E-state index contributed by atoms with van der Waals surface area (Å²) in [6.07, 6.45) is -0.212. The van der Waals surface area contributed by atoms with Crippen LogP contribution in [0.3, 0.4) is 0 Å². The van der Waals surface area contributed by atoms with E-state index in [1.165, 1.54) is 6.07 Å². The van der Waals surface area contributed by atoms with Crippen LogP contribution in [0.15, 0.2) is 97.1 Å². The average molecular weight is 505 g/mol. The van der Waals surface area contributed by atoms with E-state index in [4.69, 9.17) is 14.8 Å². The van der Waals surface area contributed by atoms with E-state index >= 15 is 0 Å². The molecule has 4 aromatic carbocycles. The summed E-state index contributed by atoms with van der Waals surface area (Å²) in [5, 5.41) is 15.2. The number of aromatic carboxylic acids is 1. The Morgan fingerprint density at radius 1 is 0.842 bits per heavy atom. The molecule has 0 fully saturated rings. The number of amides is 1. The molecule has 0 aliphatic carbocycles. The fourth-order valence-electron chi connectivity index (χ4n) is 4.47. The third-order valence-electron chi connectivity index (χ3n) is 6.72. The van der Waals surface area contributed by atoms with Gasteiger partial charge >= 0.3 is 5.97 Å². The summed E-state index contributed by atoms with van der Waals surface area (Å²) in [7, 11) is 0. The first-order valence-corrected chi connectivity index (χ1v) is 12.5. The molecule has 5 aromatic rings. The average Bonchev–Trinajstić information content (AvgIpc) is 2.95. The quantitative estimate of drug-likeness (QED) is 0.247. The van der Waals surface area contributed by atoms with Gasteiger partial charge < -0.3 is 15.2 Å². The van der Waals surface area contributed by atoms with Crippen molar-refractivity contribution in [2.45, 2.75) is 32.4 Å². The van der Waals surface area contributed by atoms with Crippen molar-refractivity contribution in [3.63, 3.8) is 0 Å². The van der Waals surface area contributed by atoms with Gasteiger partial charge in [-0.25, -0.2) is 9.78 Å². The highest BCUT2D eigenvalue weighted by Crippen LogP contribution is 2.28. The number of aromatic nitrogens is 1. The number of ether oxygens (including phenoxy) is 1. The van der Waals surface area contributed by atoms with Gasteiger partial charge in [0.25, 0.3) is 0 Å². The first-order valence-electron chi connectivity index (χ1n) is 12.5. The van der Waals surface area contributed by atoms with Crippen LogP contribution in [0.2, 0.25) is 0 Å². The van der Waals surface area contributed by atoms with Gasteiger partial charge in [0.2, 0.25) is 5.91 Å². The third-order valence-corrected chi connectivity index (χ3v) is 6.72. The number of nitrogens with one attached hydrogen (secondary N) is 1. The minimum atomic E-state index is -0.990. The molecule has 2 unspecified atom stereocenters. The third kappa shape index (κ3) is 5.49. The Bertz CT molecular complexity index is 1650. The van der Waals surface area contributed by atoms with E-state index in [1.807, 2.05) is 80.6 Å². The van der Waals surface area contributed by atoms with E-state index in [9.17, 15) is 9.59 Å². The maximum absolute atomic E-state index is 12.8. The Morgan fingerprint density at radius 2 is 1.61 bits per heavy atom. The highest BCUT2D eigenvalue weighted by molar-refractivity contribution is 5.89. The normalized spacial score (nSPS) is 12.7. The van der Waals surface area contributed by atoms with Gasteiger partial charge in [0.15, 0.2) is 0 Å². The summed E-state index contributed by atoms with van der Waals surface area (Å²) in [5.41, 5.74) is 3.65. The van der Waals surface area contributed by atoms with Crippen LogP contribution in [0.1, 0.15) is 53.0 Å². The minimum Gasteiger partial charge on any atom is -0.484 e. The second-order valence-electron chi connectivity index (χ2n) is 9.40. The van der Waals surface area contributed by atoms with Crippen LogP contribution in [0.5, 0.6) is 5.75 Å². The Labute approximate surface area is 220 Å². The highest BCUT2D eigenvalue weighted by atomic mass is 16.5. The van der Waals surface area contributed by atoms with E-state index in [-0.39, 0.29) is 30.0 Å². The number of nitrogens with zero attached hydrogens (tertiary/aromatic N) is 1. The summed E-state index contributed by atoms with van der Waals surface area (Å²) < 4.78 is 6.21. The lowest BCUT2D eigenvalue weighted by atomic mass is 9.97. The lowest BCUT2D eigenvalue weighted by Gasteiger charge is -2.16. The SMILES string of the molecule is CC(Oc1ccc2cc(C(C)C(=O)NCc3cccc(C(=O)O)c3)ccc2c1)c1ccc2ccccc2n1. The van der Waals surface area contributed by atoms with Crippen molar-refractivity contribution in [1.29, 1.82) is 0 Å². The van der Waals surface area contributed by atoms with Crippen LogP contribution in [0, 0.1) is 0 Å². The smallest absolute Gasteiger partial charge is 0.335 e. The summed E-state index contributed by atoms with van der Waals surface area (Å²) in [4.78, 5) is 28.7. The number of rotatable bonds is 8. The van der Waals surface area contributed by atoms with Gasteiger partial charge in [-0.3, -0.25) is 4.79 Å². The maximum atomic E-state index is 12.8. The molecule has 190 valence electrons. The van der Waals surface area contributed by atoms with E-state index in [2.05, 4.69) is 11.4 Å². The zero-order chi connectivity index (χ0) is 26.6. The summed E-state index contributed by atoms with van der Waals surface area (Å²) >= 11 is 0. The second kappa shape index (κ2) is 10.7. The summed E-state index contributed by atoms with van der Waals surface area (Å²) in [5.74, 6) is -0.725. The fraction of sp³-hybridized carbons (Fsp3) is 0.156. The van der Waals surface area contributed by atoms with Crippen molar-refractivity contribution < 1.29 is 19.4 Å². The van der Waals surface area contributed by atoms with Crippen molar-refractivity contribution in [2.75, 3.05) is 0 Å². The zero-order valence-corrected chi connectivity index (χ0v) is 21.2. The van der Waals surface area contributed by atoms with Crippen LogP contribution in [-0.4, -0.2) is 22.0 Å². The molecule has 6 heteroatoms. The molecule has 2 atom stereocenters. The highest BCUT2D eigenvalue weighted by Gasteiger charge is 2.16. The Kier molecular flexibility index (Phi) is 7.05. The van der Waals surface area contributed by atoms with Gasteiger partial charge in [0.05, 0.1) is 22.7 Å². The van der Waals surface area contributed by atoms with Crippen LogP contribution >= 0.6 is 0 Å². The molecule has 0 aliphatic rings. The largest absolute Gasteiger partial charge is 0.484 e. The Morgan fingerprint density at radius 3 is 2.45 bits per heavy atom. The summed E-state index contributed by atoms with van der Waals surface area (Å²) in [6, 6.07) is 30.5. The molecule has 0 aliphatic heterocycles. The van der Waals surface area contributed by atoms with Gasteiger partial charge in [0.1, 0.15) is 11.9 Å². The number of fused-ring (bicyclic) bond motifs is 2. The van der Waals surface area contributed by atoms with Crippen molar-refractivity contribution in [3.05, 3.63) is 119 Å². The van der Waals surface area contributed by atoms with E-state index in [1.54, 1.807) is 18.2 Å². The van der Waals surface area contributed by atoms with Gasteiger partial charge in [0, 0.05) is 11.9 Å². The maximum Gasteiger partial charge on any atom is 0.335 e. The zero-order valence-electron chi connectivity index (χ0n) is 21.2. The molecule has 1 aromatic heterocycles. The number of hydrogen-bond donors (Lipinski definition) is 2. The minimum absolute atomic E-state index is 0.123. The summed E-state index contributed by atoms with van der Waals surface area (Å²) in [6.45, 7) is 4.12. The lowest BCUT2D eigenvalue weighted by molar-refractivity contribution is -0.122. The standard InChI is InChI=1S/C32H28N2O4/c1-20(31(35)33-19-22-6-5-8-27(16-22)32(36)37)24-10-11-26-18-28(14-12-25(26)17-24)38-21(2)29-15-13-23-7-3-4-9-30(23)34-29/h3-18,20-21H,19H2,1-2H3,(H,33,35)(H,36,37). The predicted molar refractivity (Wildman–Crippen MR) is 148 cm³/mol. The lowest BCUT2D eigenvalue weighted by Crippen LogP contribution is -2.27. The molecule has 0 saturated carbocycles. The number of para-hydroxylation sites is 1. The molecule has 0 bridgehead atoms. The number of pyridine rings is 1. The molecule has 1 amide bonds. The second-order valence-corrected chi connectivity index (χ2v) is 9.40. The Balaban J connectivity index is 1.25. The number of carbonyl (C=O) groups excluding carboxylic acids is 1. The molecular formula is C32H28N2O4.